The van der Waals surface area contributed by atoms with Gasteiger partial charge in [-0.25, -0.2) is 0 Å². The molecule has 1 saturated heterocycles. The van der Waals surface area contributed by atoms with Crippen LogP contribution in [0.4, 0.5) is 5.69 Å². The highest BCUT2D eigenvalue weighted by Crippen LogP contribution is 2.44. The van der Waals surface area contributed by atoms with E-state index in [0.29, 0.717) is 42.8 Å². The second-order valence-corrected chi connectivity index (χ2v) is 8.08. The molecule has 7 heteroatoms. The van der Waals surface area contributed by atoms with Crippen LogP contribution in [0.5, 0.6) is 0 Å². The molecule has 0 spiro atoms. The number of nitrogens with zero attached hydrogens (tertiary/aromatic N) is 3. The summed E-state index contributed by atoms with van der Waals surface area (Å²) in [6.45, 7) is 3.27. The molecule has 1 aliphatic carbocycles. The number of nitro benzene ring substituents is 1. The zero-order chi connectivity index (χ0) is 20.5. The number of hydrogen-bond acceptors (Lipinski definition) is 5. The number of benzene rings is 1. The number of non-ortho nitro benzene ring substituents is 1. The third kappa shape index (κ3) is 3.61. The summed E-state index contributed by atoms with van der Waals surface area (Å²) in [4.78, 5) is 43.9. The standard InChI is InChI=1S/C22H25N3O4/c1-14-19(22(27)24-11-3-2-4-12-24)20(15-7-5-8-16(13-15)25(28)29)21-17(23-14)9-6-10-18(21)26/h5,7-8,13,19-20H,2-4,6,9-12H2,1H3/t19?,20-/m0/s1. The first-order chi connectivity index (χ1) is 14.0. The second kappa shape index (κ2) is 7.89. The van der Waals surface area contributed by atoms with E-state index in [1.165, 1.54) is 12.1 Å². The van der Waals surface area contributed by atoms with Crippen molar-refractivity contribution in [3.63, 3.8) is 0 Å². The van der Waals surface area contributed by atoms with Crippen molar-refractivity contribution in [3.8, 4) is 0 Å². The molecule has 3 aliphatic rings. The number of piperidine rings is 1. The maximum Gasteiger partial charge on any atom is 0.269 e. The third-order valence-electron chi connectivity index (χ3n) is 6.21. The van der Waals surface area contributed by atoms with Crippen molar-refractivity contribution < 1.29 is 14.5 Å². The topological polar surface area (TPSA) is 92.9 Å². The molecule has 0 radical (unpaired) electrons. The quantitative estimate of drug-likeness (QED) is 0.575. The molecule has 0 aromatic heterocycles. The summed E-state index contributed by atoms with van der Waals surface area (Å²) < 4.78 is 0. The largest absolute Gasteiger partial charge is 0.342 e. The number of likely N-dealkylation sites (tertiary alicyclic amines) is 1. The van der Waals surface area contributed by atoms with Gasteiger partial charge in [-0.15, -0.1) is 0 Å². The summed E-state index contributed by atoms with van der Waals surface area (Å²) >= 11 is 0. The van der Waals surface area contributed by atoms with Gasteiger partial charge in [-0.1, -0.05) is 12.1 Å². The number of allylic oxidation sites excluding steroid dienone is 2. The van der Waals surface area contributed by atoms with E-state index in [4.69, 9.17) is 0 Å². The molecule has 1 amide bonds. The smallest absolute Gasteiger partial charge is 0.269 e. The molecule has 7 nitrogen and oxygen atoms in total. The van der Waals surface area contributed by atoms with Gasteiger partial charge in [0.25, 0.3) is 5.69 Å². The lowest BCUT2D eigenvalue weighted by Crippen LogP contribution is -2.46. The monoisotopic (exact) mass is 395 g/mol. The van der Waals surface area contributed by atoms with Crippen molar-refractivity contribution in [1.82, 2.24) is 4.90 Å². The van der Waals surface area contributed by atoms with Crippen molar-refractivity contribution in [2.45, 2.75) is 51.4 Å². The number of aliphatic imine (C=N–C) groups is 1. The van der Waals surface area contributed by atoms with E-state index in [-0.39, 0.29) is 17.4 Å². The van der Waals surface area contributed by atoms with Gasteiger partial charge in [0.05, 0.1) is 10.8 Å². The second-order valence-electron chi connectivity index (χ2n) is 8.08. The Labute approximate surface area is 169 Å². The van der Waals surface area contributed by atoms with Crippen LogP contribution in [0, 0.1) is 16.0 Å². The predicted octanol–water partition coefficient (Wildman–Crippen LogP) is 3.79. The molecule has 0 N–H and O–H groups in total. The number of carbonyl (C=O) groups is 2. The third-order valence-corrected chi connectivity index (χ3v) is 6.21. The Hall–Kier alpha value is -2.83. The Morgan fingerprint density at radius 2 is 1.93 bits per heavy atom. The van der Waals surface area contributed by atoms with E-state index < -0.39 is 16.8 Å². The van der Waals surface area contributed by atoms with Crippen LogP contribution in [0.3, 0.4) is 0 Å². The van der Waals surface area contributed by atoms with E-state index in [1.807, 2.05) is 11.8 Å². The van der Waals surface area contributed by atoms with E-state index in [0.717, 1.165) is 31.4 Å². The number of ketones is 1. The fraction of sp³-hybridized carbons (Fsp3) is 0.500. The van der Waals surface area contributed by atoms with Crippen LogP contribution in [0.25, 0.3) is 0 Å². The molecule has 4 rings (SSSR count). The number of hydrogen-bond donors (Lipinski definition) is 0. The number of rotatable bonds is 3. The summed E-state index contributed by atoms with van der Waals surface area (Å²) in [5.74, 6) is -1.11. The average molecular weight is 395 g/mol. The lowest BCUT2D eigenvalue weighted by molar-refractivity contribution is -0.384. The van der Waals surface area contributed by atoms with Crippen molar-refractivity contribution >= 4 is 23.1 Å². The zero-order valence-corrected chi connectivity index (χ0v) is 16.6. The average Bonchev–Trinajstić information content (AvgIpc) is 2.73. The number of amides is 1. The van der Waals surface area contributed by atoms with Crippen LogP contribution in [0.1, 0.15) is 56.9 Å². The van der Waals surface area contributed by atoms with Crippen LogP contribution in [-0.4, -0.2) is 40.3 Å². The summed E-state index contributed by atoms with van der Waals surface area (Å²) in [5.41, 5.74) is 2.64. The Kier molecular flexibility index (Phi) is 5.30. The molecule has 1 aromatic rings. The summed E-state index contributed by atoms with van der Waals surface area (Å²) in [6, 6.07) is 6.36. The van der Waals surface area contributed by atoms with Crippen LogP contribution in [-0.2, 0) is 9.59 Å². The molecule has 2 atom stereocenters. The highest BCUT2D eigenvalue weighted by molar-refractivity contribution is 6.10. The maximum atomic E-state index is 13.5. The number of Topliss-reactive ketones (excluding diaryl/α,β-unsaturated/α-hetero) is 1. The lowest BCUT2D eigenvalue weighted by atomic mass is 9.71. The summed E-state index contributed by atoms with van der Waals surface area (Å²) in [5, 5.41) is 11.3. The van der Waals surface area contributed by atoms with Crippen LogP contribution in [0.15, 0.2) is 40.5 Å². The van der Waals surface area contributed by atoms with Crippen molar-refractivity contribution in [1.29, 1.82) is 0 Å². The summed E-state index contributed by atoms with van der Waals surface area (Å²) in [7, 11) is 0. The maximum absolute atomic E-state index is 13.5. The first kappa shape index (κ1) is 19.5. The first-order valence-corrected chi connectivity index (χ1v) is 10.3. The predicted molar refractivity (Wildman–Crippen MR) is 109 cm³/mol. The molecule has 29 heavy (non-hydrogen) atoms. The van der Waals surface area contributed by atoms with Crippen molar-refractivity contribution in [2.75, 3.05) is 13.1 Å². The van der Waals surface area contributed by atoms with E-state index in [2.05, 4.69) is 4.99 Å². The molecule has 152 valence electrons. The van der Waals surface area contributed by atoms with E-state index >= 15 is 0 Å². The molecule has 1 fully saturated rings. The van der Waals surface area contributed by atoms with Gasteiger partial charge in [-0.3, -0.25) is 24.7 Å². The fourth-order valence-corrected chi connectivity index (χ4v) is 4.83. The van der Waals surface area contributed by atoms with Gasteiger partial charge < -0.3 is 4.90 Å². The van der Waals surface area contributed by atoms with E-state index in [9.17, 15) is 19.7 Å². The van der Waals surface area contributed by atoms with Crippen LogP contribution < -0.4 is 0 Å². The Bertz CT molecular complexity index is 928. The zero-order valence-electron chi connectivity index (χ0n) is 16.6. The van der Waals surface area contributed by atoms with Crippen molar-refractivity contribution in [3.05, 3.63) is 51.2 Å². The molecule has 2 heterocycles. The van der Waals surface area contributed by atoms with Gasteiger partial charge in [-0.2, -0.15) is 0 Å². The van der Waals surface area contributed by atoms with Gasteiger partial charge in [0.1, 0.15) is 0 Å². The lowest BCUT2D eigenvalue weighted by Gasteiger charge is -2.38. The molecular weight excluding hydrogens is 370 g/mol. The number of carbonyl (C=O) groups excluding carboxylic acids is 2. The van der Waals surface area contributed by atoms with Gasteiger partial charge in [-0.05, 0) is 44.6 Å². The Morgan fingerprint density at radius 3 is 2.66 bits per heavy atom. The molecule has 0 saturated carbocycles. The van der Waals surface area contributed by atoms with Gasteiger partial charge in [0.15, 0.2) is 5.78 Å². The molecule has 1 aromatic carbocycles. The first-order valence-electron chi connectivity index (χ1n) is 10.3. The molecular formula is C22H25N3O4. The SMILES string of the molecule is CC1=NC2=C(C(=O)CCC2)[C@@H](c2cccc([N+](=O)[O-])c2)C1C(=O)N1CCCCC1. The van der Waals surface area contributed by atoms with Gasteiger partial charge in [0, 0.05) is 54.5 Å². The van der Waals surface area contributed by atoms with Crippen LogP contribution >= 0.6 is 0 Å². The van der Waals surface area contributed by atoms with Crippen molar-refractivity contribution in [2.24, 2.45) is 10.9 Å². The fourth-order valence-electron chi connectivity index (χ4n) is 4.83. The van der Waals surface area contributed by atoms with Gasteiger partial charge >= 0.3 is 0 Å². The highest BCUT2D eigenvalue weighted by atomic mass is 16.6. The minimum atomic E-state index is -0.587. The Morgan fingerprint density at radius 1 is 1.17 bits per heavy atom. The van der Waals surface area contributed by atoms with Crippen LogP contribution in [0.2, 0.25) is 0 Å². The van der Waals surface area contributed by atoms with E-state index in [1.54, 1.807) is 12.1 Å². The molecule has 0 bridgehead atoms. The minimum Gasteiger partial charge on any atom is -0.342 e. The Balaban J connectivity index is 1.82. The van der Waals surface area contributed by atoms with Gasteiger partial charge in [0.2, 0.25) is 5.91 Å². The minimum absolute atomic E-state index is 0.00968. The summed E-state index contributed by atoms with van der Waals surface area (Å²) in [6.07, 6.45) is 4.95. The molecule has 2 aliphatic heterocycles. The highest BCUT2D eigenvalue weighted by Gasteiger charge is 2.44. The normalized spacial score (nSPS) is 24.8. The molecule has 1 unspecified atom stereocenters. The number of nitro groups is 1.